The molecule has 0 N–H and O–H groups in total. The van der Waals surface area contributed by atoms with Crippen molar-refractivity contribution in [2.75, 3.05) is 0 Å². The van der Waals surface area contributed by atoms with Gasteiger partial charge in [0.1, 0.15) is 0 Å². The van der Waals surface area contributed by atoms with Gasteiger partial charge < -0.3 is 2.85 Å². The molecule has 0 amide bonds. The van der Waals surface area contributed by atoms with Gasteiger partial charge in [0.2, 0.25) is 0 Å². The Bertz CT molecular complexity index is 153. The van der Waals surface area contributed by atoms with Crippen LogP contribution in [-0.4, -0.2) is 37.7 Å². The Balaban J connectivity index is -0.000000213. The number of aryl methyl sites for hydroxylation is 1. The van der Waals surface area contributed by atoms with E-state index in [0.29, 0.717) is 0 Å². The Labute approximate surface area is 89.2 Å². The topological polar surface area (TPSA) is 0 Å². The molecule has 0 fully saturated rings. The van der Waals surface area contributed by atoms with Crippen LogP contribution in [0.5, 0.6) is 0 Å². The van der Waals surface area contributed by atoms with E-state index in [2.05, 4.69) is 31.2 Å². The van der Waals surface area contributed by atoms with E-state index >= 15 is 0 Å². The fourth-order valence-electron chi connectivity index (χ4n) is 0.714. The van der Waals surface area contributed by atoms with Crippen molar-refractivity contribution < 1.29 is 2.85 Å². The first kappa shape index (κ1) is 9.48. The minimum Gasteiger partial charge on any atom is -1.00 e. The van der Waals surface area contributed by atoms with E-state index < -0.39 is 0 Å². The monoisotopic (exact) mass is 148 g/mol. The maximum atomic E-state index is 2.16. The van der Waals surface area contributed by atoms with Crippen molar-refractivity contribution in [3.8, 4) is 0 Å². The van der Waals surface area contributed by atoms with Crippen LogP contribution in [0.2, 0.25) is 0 Å². The van der Waals surface area contributed by atoms with Gasteiger partial charge in [0.05, 0.1) is 0 Å². The number of rotatable bonds is 1. The molecule has 0 aliphatic heterocycles. The third kappa shape index (κ3) is 3.24. The zero-order valence-electron chi connectivity index (χ0n) is 7.80. The Hall–Kier alpha value is 0.480. The standard InChI is InChI=1S/C8H10.Ca.2H/c1-2-8-6-4-3-5-7-8;;;/h3-7H,2H2,1H3;;;/q;+2;2*-1. The maximum Gasteiger partial charge on any atom is 2.00 e. The molecule has 0 bridgehead atoms. The normalized spacial score (nSPS) is 8.11. The van der Waals surface area contributed by atoms with Crippen molar-refractivity contribution in [1.82, 2.24) is 0 Å². The van der Waals surface area contributed by atoms with E-state index in [1.165, 1.54) is 5.56 Å². The van der Waals surface area contributed by atoms with Crippen LogP contribution in [0.3, 0.4) is 0 Å². The maximum absolute atomic E-state index is 2.16. The third-order valence-corrected chi connectivity index (χ3v) is 1.25. The van der Waals surface area contributed by atoms with Crippen LogP contribution in [0.1, 0.15) is 15.3 Å². The molecule has 0 saturated carbocycles. The fourth-order valence-corrected chi connectivity index (χ4v) is 0.714. The van der Waals surface area contributed by atoms with Crippen molar-refractivity contribution in [1.29, 1.82) is 0 Å². The van der Waals surface area contributed by atoms with E-state index in [0.717, 1.165) is 6.42 Å². The van der Waals surface area contributed by atoms with Crippen LogP contribution >= 0.6 is 0 Å². The molecule has 46 valence electrons. The zero-order valence-corrected chi connectivity index (χ0v) is 8.01. The van der Waals surface area contributed by atoms with Crippen molar-refractivity contribution in [2.45, 2.75) is 13.3 Å². The summed E-state index contributed by atoms with van der Waals surface area (Å²) in [5.41, 5.74) is 1.41. The molecule has 0 saturated heterocycles. The summed E-state index contributed by atoms with van der Waals surface area (Å²) in [7, 11) is 0. The van der Waals surface area contributed by atoms with Gasteiger partial charge in [0, 0.05) is 0 Å². The molecule has 9 heavy (non-hydrogen) atoms. The molecule has 0 spiro atoms. The van der Waals surface area contributed by atoms with Crippen LogP contribution in [0.15, 0.2) is 30.3 Å². The van der Waals surface area contributed by atoms with Gasteiger partial charge in [-0.05, 0) is 12.0 Å². The summed E-state index contributed by atoms with van der Waals surface area (Å²) >= 11 is 0. The Kier molecular flexibility index (Phi) is 5.56. The summed E-state index contributed by atoms with van der Waals surface area (Å²) < 4.78 is 0. The van der Waals surface area contributed by atoms with Gasteiger partial charge in [-0.2, -0.15) is 0 Å². The van der Waals surface area contributed by atoms with Crippen LogP contribution < -0.4 is 0 Å². The molecular weight excluding hydrogens is 136 g/mol. The largest absolute Gasteiger partial charge is 2.00 e. The quantitative estimate of drug-likeness (QED) is 0.535. The smallest absolute Gasteiger partial charge is 1.00 e. The third-order valence-electron chi connectivity index (χ3n) is 1.25. The van der Waals surface area contributed by atoms with Crippen LogP contribution in [0, 0.1) is 0 Å². The van der Waals surface area contributed by atoms with Gasteiger partial charge in [-0.1, -0.05) is 37.3 Å². The molecule has 0 nitrogen and oxygen atoms in total. The van der Waals surface area contributed by atoms with Crippen molar-refractivity contribution in [3.63, 3.8) is 0 Å². The molecule has 1 aromatic carbocycles. The summed E-state index contributed by atoms with van der Waals surface area (Å²) in [5, 5.41) is 0. The second-order valence-electron chi connectivity index (χ2n) is 1.84. The van der Waals surface area contributed by atoms with Gasteiger partial charge in [0.15, 0.2) is 0 Å². The van der Waals surface area contributed by atoms with Crippen LogP contribution in [0.25, 0.3) is 0 Å². The SMILES string of the molecule is CCc1ccccc1.[Ca+2].[H-].[H-]. The zero-order chi connectivity index (χ0) is 5.82. The van der Waals surface area contributed by atoms with Gasteiger partial charge in [0.25, 0.3) is 0 Å². The summed E-state index contributed by atoms with van der Waals surface area (Å²) in [6.07, 6.45) is 1.14. The van der Waals surface area contributed by atoms with Crippen molar-refractivity contribution >= 4 is 37.7 Å². The second kappa shape index (κ2) is 5.28. The summed E-state index contributed by atoms with van der Waals surface area (Å²) in [6, 6.07) is 10.5. The minimum atomic E-state index is 0. The summed E-state index contributed by atoms with van der Waals surface area (Å²) in [6.45, 7) is 2.16. The first-order valence-corrected chi connectivity index (χ1v) is 2.97. The predicted molar refractivity (Wildman–Crippen MR) is 43.8 cm³/mol. The first-order valence-electron chi connectivity index (χ1n) is 2.97. The average Bonchev–Trinajstić information content (AvgIpc) is 1.90. The van der Waals surface area contributed by atoms with Gasteiger partial charge in [-0.25, -0.2) is 0 Å². The molecule has 1 aromatic rings. The van der Waals surface area contributed by atoms with Crippen LogP contribution in [0.4, 0.5) is 0 Å². The van der Waals surface area contributed by atoms with Gasteiger partial charge >= 0.3 is 37.7 Å². The average molecular weight is 148 g/mol. The van der Waals surface area contributed by atoms with E-state index in [9.17, 15) is 0 Å². The van der Waals surface area contributed by atoms with Crippen molar-refractivity contribution in [2.24, 2.45) is 0 Å². The van der Waals surface area contributed by atoms with E-state index in [-0.39, 0.29) is 40.6 Å². The number of hydrogen-bond donors (Lipinski definition) is 0. The molecular formula is C8H12Ca. The van der Waals surface area contributed by atoms with E-state index in [4.69, 9.17) is 0 Å². The molecule has 1 rings (SSSR count). The Morgan fingerprint density at radius 1 is 1.22 bits per heavy atom. The molecule has 1 heteroatoms. The Morgan fingerprint density at radius 3 is 2.11 bits per heavy atom. The first-order chi connectivity index (χ1) is 3.93. The molecule has 0 heterocycles. The predicted octanol–water partition coefficient (Wildman–Crippen LogP) is 2.09. The van der Waals surface area contributed by atoms with Crippen LogP contribution in [-0.2, 0) is 6.42 Å². The Morgan fingerprint density at radius 2 is 1.78 bits per heavy atom. The van der Waals surface area contributed by atoms with Gasteiger partial charge in [-0.15, -0.1) is 0 Å². The van der Waals surface area contributed by atoms with E-state index in [1.54, 1.807) is 0 Å². The summed E-state index contributed by atoms with van der Waals surface area (Å²) in [5.74, 6) is 0. The van der Waals surface area contributed by atoms with Gasteiger partial charge in [-0.3, -0.25) is 0 Å². The molecule has 0 aliphatic carbocycles. The molecule has 0 aromatic heterocycles. The molecule has 0 aliphatic rings. The summed E-state index contributed by atoms with van der Waals surface area (Å²) in [4.78, 5) is 0. The number of benzene rings is 1. The number of hydrogen-bond acceptors (Lipinski definition) is 0. The molecule has 0 unspecified atom stereocenters. The molecule has 0 atom stereocenters. The molecule has 0 radical (unpaired) electrons. The fraction of sp³-hybridized carbons (Fsp3) is 0.250. The van der Waals surface area contributed by atoms with Crippen molar-refractivity contribution in [3.05, 3.63) is 35.9 Å². The second-order valence-corrected chi connectivity index (χ2v) is 1.84. The van der Waals surface area contributed by atoms with E-state index in [1.807, 2.05) is 6.07 Å². The minimum absolute atomic E-state index is 0.